The zero-order valence-corrected chi connectivity index (χ0v) is 10.2. The number of hydrogen-bond acceptors (Lipinski definition) is 2. The van der Waals surface area contributed by atoms with Crippen LogP contribution in [-0.2, 0) is 4.79 Å². The van der Waals surface area contributed by atoms with Crippen LogP contribution in [0.4, 0.5) is 14.9 Å². The Morgan fingerprint density at radius 3 is 2.67 bits per heavy atom. The van der Waals surface area contributed by atoms with Gasteiger partial charge >= 0.3 is 12.0 Å². The average molecular weight is 254 g/mol. The van der Waals surface area contributed by atoms with E-state index >= 15 is 0 Å². The van der Waals surface area contributed by atoms with E-state index in [9.17, 15) is 14.0 Å². The summed E-state index contributed by atoms with van der Waals surface area (Å²) in [6.07, 6.45) is -0.119. The molecule has 5 nitrogen and oxygen atoms in total. The van der Waals surface area contributed by atoms with Crippen LogP contribution in [-0.4, -0.2) is 35.6 Å². The number of aryl methyl sites for hydroxylation is 1. The first-order valence-corrected chi connectivity index (χ1v) is 5.40. The Kier molecular flexibility index (Phi) is 4.65. The standard InChI is InChI=1S/C12H15FN2O3/c1-8-7-9(13)3-4-10(8)14-12(18)15(2)6-5-11(16)17/h3-4,7H,5-6H2,1-2H3,(H,14,18)(H,16,17). The monoisotopic (exact) mass is 254 g/mol. The van der Waals surface area contributed by atoms with Crippen molar-refractivity contribution in [3.63, 3.8) is 0 Å². The van der Waals surface area contributed by atoms with Crippen molar-refractivity contribution in [1.29, 1.82) is 0 Å². The number of rotatable bonds is 4. The number of anilines is 1. The summed E-state index contributed by atoms with van der Waals surface area (Å²) in [6.45, 7) is 1.79. The Morgan fingerprint density at radius 1 is 1.44 bits per heavy atom. The molecule has 98 valence electrons. The van der Waals surface area contributed by atoms with Crippen LogP contribution in [0, 0.1) is 12.7 Å². The predicted molar refractivity (Wildman–Crippen MR) is 65.0 cm³/mol. The molecule has 0 spiro atoms. The summed E-state index contributed by atoms with van der Waals surface area (Å²) < 4.78 is 12.9. The Labute approximate surface area is 104 Å². The maximum Gasteiger partial charge on any atom is 0.321 e. The van der Waals surface area contributed by atoms with E-state index in [0.29, 0.717) is 11.3 Å². The fourth-order valence-corrected chi connectivity index (χ4v) is 1.34. The molecular formula is C12H15FN2O3. The van der Waals surface area contributed by atoms with Gasteiger partial charge in [-0.05, 0) is 30.7 Å². The molecule has 2 N–H and O–H groups in total. The second-order valence-corrected chi connectivity index (χ2v) is 3.95. The summed E-state index contributed by atoms with van der Waals surface area (Å²) in [5, 5.41) is 11.1. The lowest BCUT2D eigenvalue weighted by atomic mass is 10.2. The molecule has 0 radical (unpaired) electrons. The molecule has 0 unspecified atom stereocenters. The minimum absolute atomic E-state index is 0.113. The number of urea groups is 1. The highest BCUT2D eigenvalue weighted by atomic mass is 19.1. The number of hydrogen-bond donors (Lipinski definition) is 2. The SMILES string of the molecule is Cc1cc(F)ccc1NC(=O)N(C)CCC(=O)O. The van der Waals surface area contributed by atoms with Gasteiger partial charge in [-0.3, -0.25) is 4.79 Å². The van der Waals surface area contributed by atoms with Gasteiger partial charge in [-0.1, -0.05) is 0 Å². The molecule has 0 atom stereocenters. The van der Waals surface area contributed by atoms with Crippen molar-refractivity contribution in [3.05, 3.63) is 29.6 Å². The number of benzene rings is 1. The van der Waals surface area contributed by atoms with Crippen LogP contribution in [0.2, 0.25) is 0 Å². The van der Waals surface area contributed by atoms with Gasteiger partial charge in [0.1, 0.15) is 5.82 Å². The molecule has 0 fully saturated rings. The van der Waals surface area contributed by atoms with Crippen molar-refractivity contribution in [2.45, 2.75) is 13.3 Å². The lowest BCUT2D eigenvalue weighted by Crippen LogP contribution is -2.33. The number of carbonyl (C=O) groups is 2. The molecule has 0 saturated heterocycles. The fourth-order valence-electron chi connectivity index (χ4n) is 1.34. The van der Waals surface area contributed by atoms with Crippen LogP contribution in [0.1, 0.15) is 12.0 Å². The van der Waals surface area contributed by atoms with E-state index in [2.05, 4.69) is 5.32 Å². The third-order valence-electron chi connectivity index (χ3n) is 2.44. The number of carboxylic acids is 1. The Hall–Kier alpha value is -2.11. The van der Waals surface area contributed by atoms with Crippen LogP contribution in [0.3, 0.4) is 0 Å². The van der Waals surface area contributed by atoms with Gasteiger partial charge in [-0.25, -0.2) is 9.18 Å². The second-order valence-electron chi connectivity index (χ2n) is 3.95. The summed E-state index contributed by atoms with van der Waals surface area (Å²) >= 11 is 0. The largest absolute Gasteiger partial charge is 0.481 e. The molecule has 1 aromatic rings. The number of amides is 2. The Balaban J connectivity index is 2.61. The van der Waals surface area contributed by atoms with Gasteiger partial charge in [0, 0.05) is 19.3 Å². The van der Waals surface area contributed by atoms with Gasteiger partial charge in [0.2, 0.25) is 0 Å². The van der Waals surface area contributed by atoms with E-state index in [1.54, 1.807) is 6.92 Å². The number of carbonyl (C=O) groups excluding carboxylic acids is 1. The number of nitrogens with zero attached hydrogens (tertiary/aromatic N) is 1. The average Bonchev–Trinajstić information content (AvgIpc) is 2.29. The molecule has 0 aliphatic rings. The van der Waals surface area contributed by atoms with Crippen LogP contribution >= 0.6 is 0 Å². The van der Waals surface area contributed by atoms with Crippen molar-refractivity contribution >= 4 is 17.7 Å². The molecule has 2 amide bonds. The van der Waals surface area contributed by atoms with E-state index in [4.69, 9.17) is 5.11 Å². The number of carboxylic acid groups (broad SMARTS) is 1. The highest BCUT2D eigenvalue weighted by Gasteiger charge is 2.11. The molecule has 0 saturated carbocycles. The van der Waals surface area contributed by atoms with Gasteiger partial charge in [-0.15, -0.1) is 0 Å². The highest BCUT2D eigenvalue weighted by Crippen LogP contribution is 2.15. The first kappa shape index (κ1) is 14.0. The number of halogens is 1. The molecule has 1 aromatic carbocycles. The molecule has 1 rings (SSSR count). The second kappa shape index (κ2) is 6.00. The lowest BCUT2D eigenvalue weighted by Gasteiger charge is -2.17. The third kappa shape index (κ3) is 4.04. The molecule has 0 aliphatic carbocycles. The maximum atomic E-state index is 12.9. The number of nitrogens with one attached hydrogen (secondary N) is 1. The molecule has 18 heavy (non-hydrogen) atoms. The fraction of sp³-hybridized carbons (Fsp3) is 0.333. The molecular weight excluding hydrogens is 239 g/mol. The van der Waals surface area contributed by atoms with Crippen molar-refractivity contribution in [1.82, 2.24) is 4.90 Å². The van der Waals surface area contributed by atoms with Crippen LogP contribution < -0.4 is 5.32 Å². The lowest BCUT2D eigenvalue weighted by molar-refractivity contribution is -0.137. The van der Waals surface area contributed by atoms with Gasteiger partial charge in [0.15, 0.2) is 0 Å². The molecule has 0 bridgehead atoms. The normalized spacial score (nSPS) is 9.94. The molecule has 0 aliphatic heterocycles. The first-order valence-electron chi connectivity index (χ1n) is 5.40. The van der Waals surface area contributed by atoms with Gasteiger partial charge in [0.05, 0.1) is 6.42 Å². The van der Waals surface area contributed by atoms with E-state index in [1.807, 2.05) is 0 Å². The highest BCUT2D eigenvalue weighted by molar-refractivity contribution is 5.90. The van der Waals surface area contributed by atoms with Gasteiger partial charge in [-0.2, -0.15) is 0 Å². The predicted octanol–water partition coefficient (Wildman–Crippen LogP) is 2.07. The zero-order chi connectivity index (χ0) is 13.7. The van der Waals surface area contributed by atoms with Crippen LogP contribution in [0.25, 0.3) is 0 Å². The number of aliphatic carboxylic acids is 1. The van der Waals surface area contributed by atoms with E-state index in [-0.39, 0.29) is 18.8 Å². The Morgan fingerprint density at radius 2 is 2.11 bits per heavy atom. The summed E-state index contributed by atoms with van der Waals surface area (Å²) in [7, 11) is 1.50. The quantitative estimate of drug-likeness (QED) is 0.864. The minimum atomic E-state index is -0.965. The topological polar surface area (TPSA) is 69.6 Å². The van der Waals surface area contributed by atoms with Gasteiger partial charge in [0.25, 0.3) is 0 Å². The zero-order valence-electron chi connectivity index (χ0n) is 10.2. The maximum absolute atomic E-state index is 12.9. The van der Waals surface area contributed by atoms with Crippen LogP contribution in [0.15, 0.2) is 18.2 Å². The minimum Gasteiger partial charge on any atom is -0.481 e. The summed E-state index contributed by atoms with van der Waals surface area (Å²) in [5.41, 5.74) is 1.11. The van der Waals surface area contributed by atoms with Crippen molar-refractivity contribution in [2.75, 3.05) is 18.9 Å². The Bertz CT molecular complexity index is 463. The van der Waals surface area contributed by atoms with Crippen molar-refractivity contribution in [2.24, 2.45) is 0 Å². The molecule has 0 heterocycles. The van der Waals surface area contributed by atoms with Crippen molar-refractivity contribution < 1.29 is 19.1 Å². The third-order valence-corrected chi connectivity index (χ3v) is 2.44. The smallest absolute Gasteiger partial charge is 0.321 e. The molecule has 0 aromatic heterocycles. The van der Waals surface area contributed by atoms with Crippen LogP contribution in [0.5, 0.6) is 0 Å². The van der Waals surface area contributed by atoms with Crippen molar-refractivity contribution in [3.8, 4) is 0 Å². The summed E-state index contributed by atoms with van der Waals surface area (Å²) in [4.78, 5) is 23.3. The van der Waals surface area contributed by atoms with Gasteiger partial charge < -0.3 is 15.3 Å². The van der Waals surface area contributed by atoms with E-state index < -0.39 is 12.0 Å². The summed E-state index contributed by atoms with van der Waals surface area (Å²) in [5.74, 6) is -1.34. The molecule has 6 heteroatoms. The first-order chi connectivity index (χ1) is 8.40. The summed E-state index contributed by atoms with van der Waals surface area (Å²) in [6, 6.07) is 3.60. The van der Waals surface area contributed by atoms with E-state index in [1.165, 1.54) is 30.1 Å². The van der Waals surface area contributed by atoms with E-state index in [0.717, 1.165) is 0 Å².